The highest BCUT2D eigenvalue weighted by atomic mass is 79.9. The van der Waals surface area contributed by atoms with E-state index < -0.39 is 0 Å². The summed E-state index contributed by atoms with van der Waals surface area (Å²) in [6, 6.07) is 3.99. The molecule has 0 fully saturated rings. The molecule has 1 aromatic carbocycles. The first-order chi connectivity index (χ1) is 6.70. The van der Waals surface area contributed by atoms with E-state index in [4.69, 9.17) is 0 Å². The van der Waals surface area contributed by atoms with E-state index in [1.807, 2.05) is 19.1 Å². The third-order valence-corrected chi connectivity index (χ3v) is 3.71. The van der Waals surface area contributed by atoms with Crippen molar-refractivity contribution in [3.05, 3.63) is 21.1 Å². The maximum absolute atomic E-state index is 4.39. The molecule has 0 unspecified atom stereocenters. The van der Waals surface area contributed by atoms with Gasteiger partial charge < -0.3 is 10.3 Å². The summed E-state index contributed by atoms with van der Waals surface area (Å²) in [4.78, 5) is 7.58. The molecule has 0 bridgehead atoms. The van der Waals surface area contributed by atoms with Crippen molar-refractivity contribution in [3.63, 3.8) is 0 Å². The summed E-state index contributed by atoms with van der Waals surface area (Å²) in [5.74, 6) is 0.813. The fourth-order valence-corrected chi connectivity index (χ4v) is 1.93. The molecule has 5 heteroatoms. The molecule has 0 spiro atoms. The van der Waals surface area contributed by atoms with Crippen LogP contribution in [0.15, 0.2) is 21.1 Å². The van der Waals surface area contributed by atoms with E-state index in [0.717, 1.165) is 32.5 Å². The molecule has 1 aromatic heterocycles. The van der Waals surface area contributed by atoms with Crippen LogP contribution in [0.5, 0.6) is 0 Å². The molecular weight excluding hydrogens is 310 g/mol. The SMILES string of the molecule is CCNc1nc2cc(Br)c(Br)cc2[nH]1. The van der Waals surface area contributed by atoms with Crippen LogP contribution in [0.25, 0.3) is 11.0 Å². The number of fused-ring (bicyclic) bond motifs is 1. The zero-order valence-corrected chi connectivity index (χ0v) is 10.7. The molecule has 0 aliphatic heterocycles. The highest BCUT2D eigenvalue weighted by Gasteiger charge is 2.04. The first kappa shape index (κ1) is 9.98. The van der Waals surface area contributed by atoms with E-state index in [-0.39, 0.29) is 0 Å². The average molecular weight is 319 g/mol. The van der Waals surface area contributed by atoms with Crippen LogP contribution in [0.4, 0.5) is 5.95 Å². The molecule has 1 heterocycles. The standard InChI is InChI=1S/C9H9Br2N3/c1-2-12-9-13-7-3-5(10)6(11)4-8(7)14-9/h3-4H,2H2,1H3,(H2,12,13,14). The Morgan fingerprint density at radius 1 is 1.36 bits per heavy atom. The number of benzene rings is 1. The molecule has 2 aromatic rings. The highest BCUT2D eigenvalue weighted by Crippen LogP contribution is 2.28. The lowest BCUT2D eigenvalue weighted by molar-refractivity contribution is 1.14. The number of hydrogen-bond donors (Lipinski definition) is 2. The highest BCUT2D eigenvalue weighted by molar-refractivity contribution is 9.13. The summed E-state index contributed by atoms with van der Waals surface area (Å²) in [5.41, 5.74) is 1.98. The number of hydrogen-bond acceptors (Lipinski definition) is 2. The van der Waals surface area contributed by atoms with Crippen LogP contribution in [0.3, 0.4) is 0 Å². The van der Waals surface area contributed by atoms with Crippen LogP contribution in [0.1, 0.15) is 6.92 Å². The van der Waals surface area contributed by atoms with Gasteiger partial charge in [-0.2, -0.15) is 0 Å². The van der Waals surface area contributed by atoms with E-state index in [1.54, 1.807) is 0 Å². The monoisotopic (exact) mass is 317 g/mol. The van der Waals surface area contributed by atoms with Gasteiger partial charge in [-0.05, 0) is 50.9 Å². The average Bonchev–Trinajstić information content (AvgIpc) is 2.48. The zero-order valence-electron chi connectivity index (χ0n) is 7.56. The van der Waals surface area contributed by atoms with Gasteiger partial charge in [0.05, 0.1) is 11.0 Å². The normalized spacial score (nSPS) is 10.8. The number of nitrogens with zero attached hydrogens (tertiary/aromatic N) is 1. The molecule has 0 aliphatic carbocycles. The number of rotatable bonds is 2. The van der Waals surface area contributed by atoms with Crippen LogP contribution in [0.2, 0.25) is 0 Å². The molecule has 0 saturated heterocycles. The number of anilines is 1. The Balaban J connectivity index is 2.54. The molecule has 14 heavy (non-hydrogen) atoms. The number of halogens is 2. The van der Waals surface area contributed by atoms with Crippen LogP contribution < -0.4 is 5.32 Å². The Hall–Kier alpha value is -0.550. The molecule has 0 saturated carbocycles. The molecular formula is C9H9Br2N3. The van der Waals surface area contributed by atoms with Gasteiger partial charge in [0.25, 0.3) is 0 Å². The summed E-state index contributed by atoms with van der Waals surface area (Å²) in [6.07, 6.45) is 0. The minimum atomic E-state index is 0.813. The van der Waals surface area contributed by atoms with Gasteiger partial charge in [-0.15, -0.1) is 0 Å². The van der Waals surface area contributed by atoms with Gasteiger partial charge in [0.15, 0.2) is 0 Å². The maximum atomic E-state index is 4.39. The summed E-state index contributed by atoms with van der Waals surface area (Å²) in [7, 11) is 0. The van der Waals surface area contributed by atoms with Gasteiger partial charge >= 0.3 is 0 Å². The molecule has 0 radical (unpaired) electrons. The Labute approximate surface area is 98.6 Å². The maximum Gasteiger partial charge on any atom is 0.201 e. The van der Waals surface area contributed by atoms with Crippen LogP contribution in [0, 0.1) is 0 Å². The Bertz CT molecular complexity index is 425. The van der Waals surface area contributed by atoms with Gasteiger partial charge in [-0.25, -0.2) is 4.98 Å². The van der Waals surface area contributed by atoms with E-state index in [0.29, 0.717) is 0 Å². The molecule has 2 rings (SSSR count). The van der Waals surface area contributed by atoms with Gasteiger partial charge in [-0.3, -0.25) is 0 Å². The van der Waals surface area contributed by atoms with Crippen molar-refractivity contribution in [1.82, 2.24) is 9.97 Å². The molecule has 2 N–H and O–H groups in total. The van der Waals surface area contributed by atoms with Crippen molar-refractivity contribution in [2.45, 2.75) is 6.92 Å². The second-order valence-electron chi connectivity index (χ2n) is 2.90. The van der Waals surface area contributed by atoms with Crippen molar-refractivity contribution in [3.8, 4) is 0 Å². The predicted molar refractivity (Wildman–Crippen MR) is 65.7 cm³/mol. The fraction of sp³-hybridized carbons (Fsp3) is 0.222. The fourth-order valence-electron chi connectivity index (χ4n) is 1.26. The van der Waals surface area contributed by atoms with E-state index in [1.165, 1.54) is 0 Å². The second-order valence-corrected chi connectivity index (χ2v) is 4.61. The molecule has 0 amide bonds. The third kappa shape index (κ3) is 1.79. The summed E-state index contributed by atoms with van der Waals surface area (Å²) >= 11 is 6.89. The second kappa shape index (κ2) is 3.90. The summed E-state index contributed by atoms with van der Waals surface area (Å²) in [5, 5.41) is 3.14. The molecule has 74 valence electrons. The Morgan fingerprint density at radius 3 is 2.79 bits per heavy atom. The lowest BCUT2D eigenvalue weighted by Gasteiger charge is -1.94. The quantitative estimate of drug-likeness (QED) is 0.889. The van der Waals surface area contributed by atoms with Crippen LogP contribution in [-0.4, -0.2) is 16.5 Å². The molecule has 0 atom stereocenters. The number of imidazole rings is 1. The summed E-state index contributed by atoms with van der Waals surface area (Å²) < 4.78 is 2.04. The number of nitrogens with one attached hydrogen (secondary N) is 2. The predicted octanol–water partition coefficient (Wildman–Crippen LogP) is 3.52. The lowest BCUT2D eigenvalue weighted by atomic mass is 10.3. The van der Waals surface area contributed by atoms with E-state index >= 15 is 0 Å². The first-order valence-electron chi connectivity index (χ1n) is 4.29. The smallest absolute Gasteiger partial charge is 0.201 e. The van der Waals surface area contributed by atoms with Crippen molar-refractivity contribution in [2.24, 2.45) is 0 Å². The van der Waals surface area contributed by atoms with Crippen LogP contribution in [-0.2, 0) is 0 Å². The van der Waals surface area contributed by atoms with E-state index in [9.17, 15) is 0 Å². The first-order valence-corrected chi connectivity index (χ1v) is 5.88. The number of aromatic amines is 1. The van der Waals surface area contributed by atoms with Gasteiger partial charge in [0.2, 0.25) is 5.95 Å². The van der Waals surface area contributed by atoms with Crippen LogP contribution >= 0.6 is 31.9 Å². The van der Waals surface area contributed by atoms with Crippen molar-refractivity contribution in [2.75, 3.05) is 11.9 Å². The number of H-pyrrole nitrogens is 1. The van der Waals surface area contributed by atoms with Crippen molar-refractivity contribution in [1.29, 1.82) is 0 Å². The van der Waals surface area contributed by atoms with Gasteiger partial charge in [-0.1, -0.05) is 0 Å². The minimum absolute atomic E-state index is 0.813. The minimum Gasteiger partial charge on any atom is -0.356 e. The van der Waals surface area contributed by atoms with Crippen molar-refractivity contribution < 1.29 is 0 Å². The Kier molecular flexibility index (Phi) is 2.78. The van der Waals surface area contributed by atoms with Gasteiger partial charge in [0, 0.05) is 15.5 Å². The zero-order chi connectivity index (χ0) is 10.1. The largest absolute Gasteiger partial charge is 0.356 e. The van der Waals surface area contributed by atoms with Gasteiger partial charge in [0.1, 0.15) is 0 Å². The summed E-state index contributed by atoms with van der Waals surface area (Å²) in [6.45, 7) is 2.90. The van der Waals surface area contributed by atoms with Crippen molar-refractivity contribution >= 4 is 48.8 Å². The molecule has 0 aliphatic rings. The lowest BCUT2D eigenvalue weighted by Crippen LogP contribution is -1.97. The number of aromatic nitrogens is 2. The Morgan fingerprint density at radius 2 is 2.07 bits per heavy atom. The topological polar surface area (TPSA) is 40.7 Å². The molecule has 3 nitrogen and oxygen atoms in total. The third-order valence-electron chi connectivity index (χ3n) is 1.87. The van der Waals surface area contributed by atoms with E-state index in [2.05, 4.69) is 47.1 Å².